The van der Waals surface area contributed by atoms with Gasteiger partial charge in [0.25, 0.3) is 0 Å². The molecular formula is C52H68O11. The summed E-state index contributed by atoms with van der Waals surface area (Å²) in [4.78, 5) is 0. The Kier molecular flexibility index (Phi) is 20.6. The Bertz CT molecular complexity index is 2210. The van der Waals surface area contributed by atoms with E-state index in [-0.39, 0.29) is 68.0 Å². The molecule has 0 bridgehead atoms. The van der Waals surface area contributed by atoms with Crippen LogP contribution in [0.25, 0.3) is 0 Å². The van der Waals surface area contributed by atoms with Gasteiger partial charge in [-0.1, -0.05) is 80.5 Å². The summed E-state index contributed by atoms with van der Waals surface area (Å²) in [5, 5.41) is 91.7. The molecule has 0 aliphatic rings. The van der Waals surface area contributed by atoms with Crippen LogP contribution in [0.3, 0.4) is 0 Å². The highest BCUT2D eigenvalue weighted by molar-refractivity contribution is 5.50. The Hall–Kier alpha value is -6.88. The van der Waals surface area contributed by atoms with E-state index in [9.17, 15) is 25.5 Å². The van der Waals surface area contributed by atoms with Crippen molar-refractivity contribution in [2.75, 3.05) is 7.11 Å². The molecule has 0 aromatic heterocycles. The molecule has 11 heteroatoms. The van der Waals surface area contributed by atoms with E-state index in [4.69, 9.17) is 30.3 Å². The normalized spacial score (nSPS) is 10.6. The molecule has 0 saturated carbocycles. The van der Waals surface area contributed by atoms with Crippen molar-refractivity contribution in [1.29, 1.82) is 0 Å². The van der Waals surface area contributed by atoms with Crippen molar-refractivity contribution in [3.05, 3.63) is 149 Å². The van der Waals surface area contributed by atoms with Crippen molar-refractivity contribution in [3.63, 3.8) is 0 Å². The summed E-state index contributed by atoms with van der Waals surface area (Å²) in [6.07, 6.45) is 0. The van der Waals surface area contributed by atoms with Gasteiger partial charge < -0.3 is 55.8 Å². The molecule has 0 amide bonds. The Morgan fingerprint density at radius 3 is 0.952 bits per heavy atom. The molecule has 11 nitrogen and oxygen atoms in total. The maximum absolute atomic E-state index is 10.0. The van der Waals surface area contributed by atoms with E-state index in [1.54, 1.807) is 56.5 Å². The van der Waals surface area contributed by atoms with Crippen LogP contribution >= 0.6 is 0 Å². The molecule has 0 aliphatic carbocycles. The first-order valence-corrected chi connectivity index (χ1v) is 20.1. The maximum atomic E-state index is 10.0. The Labute approximate surface area is 373 Å². The number of hydrogen-bond donors (Lipinski definition) is 10. The lowest BCUT2D eigenvalue weighted by Gasteiger charge is -2.25. The van der Waals surface area contributed by atoms with Crippen LogP contribution in [0.4, 0.5) is 0 Å². The van der Waals surface area contributed by atoms with Gasteiger partial charge in [0.15, 0.2) is 0 Å². The van der Waals surface area contributed by atoms with Crippen molar-refractivity contribution in [3.8, 4) is 63.2 Å². The van der Waals surface area contributed by atoms with Crippen LogP contribution in [0.2, 0.25) is 0 Å². The molecule has 6 aromatic carbocycles. The molecule has 0 unspecified atom stereocenters. The number of para-hydroxylation sites is 1. The van der Waals surface area contributed by atoms with Crippen LogP contribution in [-0.4, -0.2) is 58.2 Å². The van der Waals surface area contributed by atoms with E-state index in [2.05, 4.69) is 0 Å². The lowest BCUT2D eigenvalue weighted by Crippen LogP contribution is -2.15. The molecule has 0 atom stereocenters. The fraction of sp³-hybridized carbons (Fsp3) is 0.308. The highest BCUT2D eigenvalue weighted by Gasteiger charge is 2.25. The zero-order valence-corrected chi connectivity index (χ0v) is 38.9. The predicted octanol–water partition coefficient (Wildman–Crippen LogP) is 12.0. The van der Waals surface area contributed by atoms with Crippen molar-refractivity contribution >= 4 is 0 Å². The number of benzene rings is 6. The number of phenolic OH excluding ortho intramolecular Hbond substituents is 10. The molecule has 0 saturated heterocycles. The monoisotopic (exact) mass is 868 g/mol. The van der Waals surface area contributed by atoms with Crippen molar-refractivity contribution < 1.29 is 55.8 Å². The Morgan fingerprint density at radius 1 is 0.333 bits per heavy atom. The summed E-state index contributed by atoms with van der Waals surface area (Å²) < 4.78 is 4.86. The number of hydrogen-bond acceptors (Lipinski definition) is 11. The molecule has 6 rings (SSSR count). The third kappa shape index (κ3) is 19.6. The second-order valence-corrected chi connectivity index (χ2v) is 17.8. The van der Waals surface area contributed by atoms with Gasteiger partial charge in [-0.05, 0) is 151 Å². The minimum Gasteiger partial charge on any atom is -0.508 e. The van der Waals surface area contributed by atoms with Gasteiger partial charge in [0, 0.05) is 16.7 Å². The molecule has 63 heavy (non-hydrogen) atoms. The van der Waals surface area contributed by atoms with Gasteiger partial charge in [0.1, 0.15) is 63.2 Å². The van der Waals surface area contributed by atoms with Crippen LogP contribution < -0.4 is 4.74 Å². The molecule has 0 heterocycles. The average Bonchev–Trinajstić information content (AvgIpc) is 3.18. The number of rotatable bonds is 1. The van der Waals surface area contributed by atoms with Crippen molar-refractivity contribution in [2.24, 2.45) is 0 Å². The first kappa shape index (κ1) is 54.1. The predicted molar refractivity (Wildman–Crippen MR) is 252 cm³/mol. The minimum absolute atomic E-state index is 0.136. The van der Waals surface area contributed by atoms with Gasteiger partial charge in [-0.3, -0.25) is 0 Å². The number of aromatic hydroxyl groups is 10. The first-order valence-electron chi connectivity index (χ1n) is 20.1. The fourth-order valence-corrected chi connectivity index (χ4v) is 5.38. The molecule has 0 radical (unpaired) electrons. The molecule has 0 fully saturated rings. The van der Waals surface area contributed by atoms with E-state index >= 15 is 0 Å². The third-order valence-corrected chi connectivity index (χ3v) is 9.06. The van der Waals surface area contributed by atoms with E-state index in [1.807, 2.05) is 94.4 Å². The minimum atomic E-state index is -0.169. The lowest BCUT2D eigenvalue weighted by atomic mass is 9.81. The average molecular weight is 869 g/mol. The number of aryl methyl sites for hydroxylation is 3. The SMILES string of the molecule is CC(C)(C)c1cc(O)c(C(C)(C)C)cc1O.CC(C)(C)c1cc(O)ccc1O.COc1ccc(O)cc1.Cc1cc(O)ccc1O.Cc1cccc(C)c1O.Oc1ccc(O)cc1. The van der Waals surface area contributed by atoms with Crippen LogP contribution in [0.1, 0.15) is 95.7 Å². The van der Waals surface area contributed by atoms with E-state index in [1.165, 1.54) is 54.6 Å². The van der Waals surface area contributed by atoms with Crippen molar-refractivity contribution in [2.45, 2.75) is 99.3 Å². The quantitative estimate of drug-likeness (QED) is 0.0702. The highest BCUT2D eigenvalue weighted by Crippen LogP contribution is 2.40. The molecular weight excluding hydrogens is 801 g/mol. The first-order chi connectivity index (χ1) is 29.0. The summed E-state index contributed by atoms with van der Waals surface area (Å²) in [5.41, 5.74) is 4.41. The molecule has 342 valence electrons. The lowest BCUT2D eigenvalue weighted by molar-refractivity contribution is 0.412. The summed E-state index contributed by atoms with van der Waals surface area (Å²) >= 11 is 0. The largest absolute Gasteiger partial charge is 0.508 e. The number of methoxy groups -OCH3 is 1. The fourth-order valence-electron chi connectivity index (χ4n) is 5.38. The number of ether oxygens (including phenoxy) is 1. The zero-order chi connectivity index (χ0) is 48.5. The van der Waals surface area contributed by atoms with Gasteiger partial charge in [0.2, 0.25) is 0 Å². The maximum Gasteiger partial charge on any atom is 0.121 e. The van der Waals surface area contributed by atoms with Gasteiger partial charge in [0.05, 0.1) is 7.11 Å². The van der Waals surface area contributed by atoms with Crippen LogP contribution in [0.15, 0.2) is 115 Å². The molecule has 10 N–H and O–H groups in total. The van der Waals surface area contributed by atoms with E-state index in [0.29, 0.717) is 11.3 Å². The highest BCUT2D eigenvalue weighted by atomic mass is 16.5. The standard InChI is InChI=1S/C14H22O2.C10H14O2.C8H10O.2C7H8O2.C6H6O2/c1-13(2,3)9-7-12(16)10(8-11(9)15)14(4,5)6;1-10(2,3)8-6-7(11)4-5-9(8)12;1-6-4-3-5-7(2)8(6)9;1-9-7-4-2-6(8)3-5-7;1-5-4-6(8)2-3-7(5)9;7-5-1-2-6(8)4-3-5/h7-8,15-16H,1-6H3;4-6,11-12H,1-3H3;3-5,9H,1-2H3;2-5,8H,1H3;2-4,8-9H,1H3;1-4,7-8H. The van der Waals surface area contributed by atoms with Gasteiger partial charge >= 0.3 is 0 Å². The van der Waals surface area contributed by atoms with E-state index in [0.717, 1.165) is 33.6 Å². The van der Waals surface area contributed by atoms with Gasteiger partial charge in [-0.15, -0.1) is 0 Å². The zero-order valence-electron chi connectivity index (χ0n) is 38.9. The molecule has 6 aromatic rings. The van der Waals surface area contributed by atoms with Gasteiger partial charge in [-0.25, -0.2) is 0 Å². The summed E-state index contributed by atoms with van der Waals surface area (Å²) in [7, 11) is 1.59. The van der Waals surface area contributed by atoms with Crippen LogP contribution in [-0.2, 0) is 16.2 Å². The Balaban J connectivity index is 0.000000385. The van der Waals surface area contributed by atoms with Crippen LogP contribution in [0.5, 0.6) is 63.2 Å². The van der Waals surface area contributed by atoms with Gasteiger partial charge in [-0.2, -0.15) is 0 Å². The van der Waals surface area contributed by atoms with E-state index < -0.39 is 0 Å². The smallest absolute Gasteiger partial charge is 0.121 e. The van der Waals surface area contributed by atoms with Crippen molar-refractivity contribution in [1.82, 2.24) is 0 Å². The second-order valence-electron chi connectivity index (χ2n) is 17.8. The molecule has 0 aliphatic heterocycles. The Morgan fingerprint density at radius 2 is 0.651 bits per heavy atom. The second kappa shape index (κ2) is 23.9. The van der Waals surface area contributed by atoms with Crippen LogP contribution in [0, 0.1) is 20.8 Å². The summed E-state index contributed by atoms with van der Waals surface area (Å²) in [6.45, 7) is 23.5. The number of phenols is 10. The molecule has 0 spiro atoms. The summed E-state index contributed by atoms with van der Waals surface area (Å²) in [5.74, 6) is 3.12. The summed E-state index contributed by atoms with van der Waals surface area (Å²) in [6, 6.07) is 30.3. The topological polar surface area (TPSA) is 212 Å². The third-order valence-electron chi connectivity index (χ3n) is 9.06.